The van der Waals surface area contributed by atoms with E-state index in [1.165, 1.54) is 12.3 Å². The van der Waals surface area contributed by atoms with Crippen LogP contribution in [-0.2, 0) is 0 Å². The Morgan fingerprint density at radius 1 is 1.29 bits per heavy atom. The van der Waals surface area contributed by atoms with Crippen LogP contribution in [0.2, 0.25) is 0 Å². The Bertz CT molecular complexity index is 737. The summed E-state index contributed by atoms with van der Waals surface area (Å²) in [5.74, 6) is -0.737. The predicted octanol–water partition coefficient (Wildman–Crippen LogP) is 1.08. The van der Waals surface area contributed by atoms with Crippen molar-refractivity contribution in [1.82, 2.24) is 15.2 Å². The number of carbonyl (C=O) groups is 1. The quantitative estimate of drug-likeness (QED) is 0.643. The summed E-state index contributed by atoms with van der Waals surface area (Å²) in [7, 11) is 0. The molecule has 2 heterocycles. The molecule has 0 aliphatic carbocycles. The summed E-state index contributed by atoms with van der Waals surface area (Å²) in [5.41, 5.74) is 1.75. The Labute approximate surface area is 94.3 Å². The van der Waals surface area contributed by atoms with Gasteiger partial charge in [0.05, 0.1) is 5.52 Å². The molecule has 3 rings (SSSR count). The van der Waals surface area contributed by atoms with Crippen LogP contribution in [-0.4, -0.2) is 21.0 Å². The van der Waals surface area contributed by atoms with E-state index in [9.17, 15) is 9.59 Å². The number of benzene rings is 1. The Kier molecular flexibility index (Phi) is 1.94. The lowest BCUT2D eigenvalue weighted by Crippen LogP contribution is -2.01. The molecule has 0 radical (unpaired) electrons. The van der Waals surface area contributed by atoms with Crippen molar-refractivity contribution in [2.75, 3.05) is 0 Å². The van der Waals surface area contributed by atoms with Crippen molar-refractivity contribution in [3.63, 3.8) is 0 Å². The molecule has 2 N–H and O–H groups in total. The lowest BCUT2D eigenvalue weighted by molar-refractivity contribution is 0.103. The minimum Gasteiger partial charge on any atom is -0.408 e. The van der Waals surface area contributed by atoms with Crippen LogP contribution in [0.5, 0.6) is 0 Å². The standard InChI is InChI=1S/C11H7N3O3/c15-10(8-3-4-12-14-8)6-1-2-7-9(5-6)17-11(16)13-7/h1-5H,(H,12,14)(H,13,16). The second-order valence-corrected chi connectivity index (χ2v) is 3.52. The summed E-state index contributed by atoms with van der Waals surface area (Å²) in [5, 5.41) is 6.30. The minimum absolute atomic E-state index is 0.201. The zero-order chi connectivity index (χ0) is 11.8. The highest BCUT2D eigenvalue weighted by Crippen LogP contribution is 2.14. The van der Waals surface area contributed by atoms with Crippen molar-refractivity contribution in [3.05, 3.63) is 52.3 Å². The Morgan fingerprint density at radius 3 is 2.94 bits per heavy atom. The molecule has 0 spiro atoms. The molecule has 0 saturated carbocycles. The largest absolute Gasteiger partial charge is 0.417 e. The molecular weight excluding hydrogens is 222 g/mol. The number of rotatable bonds is 2. The number of fused-ring (bicyclic) bond motifs is 1. The number of nitrogens with one attached hydrogen (secondary N) is 2. The fourth-order valence-electron chi connectivity index (χ4n) is 1.62. The van der Waals surface area contributed by atoms with Gasteiger partial charge in [-0.05, 0) is 24.3 Å². The maximum atomic E-state index is 12.0. The molecule has 0 bridgehead atoms. The van der Waals surface area contributed by atoms with Crippen molar-refractivity contribution in [2.45, 2.75) is 0 Å². The average molecular weight is 229 g/mol. The minimum atomic E-state index is -0.536. The predicted molar refractivity (Wildman–Crippen MR) is 58.9 cm³/mol. The van der Waals surface area contributed by atoms with Crippen molar-refractivity contribution in [1.29, 1.82) is 0 Å². The van der Waals surface area contributed by atoms with Gasteiger partial charge in [0.25, 0.3) is 0 Å². The van der Waals surface area contributed by atoms with Gasteiger partial charge in [-0.25, -0.2) is 4.79 Å². The van der Waals surface area contributed by atoms with Crippen molar-refractivity contribution >= 4 is 16.9 Å². The van der Waals surface area contributed by atoms with Crippen LogP contribution in [0, 0.1) is 0 Å². The number of oxazole rings is 1. The number of nitrogens with zero attached hydrogens (tertiary/aromatic N) is 1. The molecule has 0 saturated heterocycles. The van der Waals surface area contributed by atoms with Gasteiger partial charge in [0.2, 0.25) is 5.78 Å². The van der Waals surface area contributed by atoms with Gasteiger partial charge in [0.1, 0.15) is 5.69 Å². The molecule has 6 heteroatoms. The van der Waals surface area contributed by atoms with Gasteiger partial charge in [-0.1, -0.05) is 0 Å². The number of ketones is 1. The summed E-state index contributed by atoms with van der Waals surface area (Å²) < 4.78 is 4.89. The van der Waals surface area contributed by atoms with Crippen LogP contribution < -0.4 is 5.76 Å². The Morgan fingerprint density at radius 2 is 2.18 bits per heavy atom. The highest BCUT2D eigenvalue weighted by molar-refractivity contribution is 6.08. The van der Waals surface area contributed by atoms with Gasteiger partial charge >= 0.3 is 5.76 Å². The number of aromatic nitrogens is 3. The van der Waals surface area contributed by atoms with E-state index in [0.717, 1.165) is 0 Å². The molecule has 0 aliphatic rings. The zero-order valence-electron chi connectivity index (χ0n) is 8.56. The molecule has 2 aromatic heterocycles. The van der Waals surface area contributed by atoms with Crippen LogP contribution in [0.4, 0.5) is 0 Å². The monoisotopic (exact) mass is 229 g/mol. The molecule has 6 nitrogen and oxygen atoms in total. The maximum Gasteiger partial charge on any atom is 0.417 e. The SMILES string of the molecule is O=C(c1ccc2[nH]c(=O)oc2c1)c1ccn[nH]1. The second kappa shape index (κ2) is 3.44. The lowest BCUT2D eigenvalue weighted by atomic mass is 10.1. The van der Waals surface area contributed by atoms with Gasteiger partial charge in [0.15, 0.2) is 5.58 Å². The number of H-pyrrole nitrogens is 2. The van der Waals surface area contributed by atoms with E-state index >= 15 is 0 Å². The van der Waals surface area contributed by atoms with Crippen LogP contribution in [0.15, 0.2) is 39.7 Å². The summed E-state index contributed by atoms with van der Waals surface area (Å²) >= 11 is 0. The van der Waals surface area contributed by atoms with Crippen LogP contribution >= 0.6 is 0 Å². The van der Waals surface area contributed by atoms with E-state index in [0.29, 0.717) is 22.4 Å². The summed E-state index contributed by atoms with van der Waals surface area (Å²) in [6.07, 6.45) is 1.50. The number of aromatic amines is 2. The van der Waals surface area contributed by atoms with Gasteiger partial charge in [-0.3, -0.25) is 14.9 Å². The average Bonchev–Trinajstić information content (AvgIpc) is 2.94. The first-order valence-electron chi connectivity index (χ1n) is 4.91. The second-order valence-electron chi connectivity index (χ2n) is 3.52. The third-order valence-electron chi connectivity index (χ3n) is 2.43. The third kappa shape index (κ3) is 1.55. The highest BCUT2D eigenvalue weighted by Gasteiger charge is 2.12. The summed E-state index contributed by atoms with van der Waals surface area (Å²) in [6.45, 7) is 0. The Hall–Kier alpha value is -2.63. The zero-order valence-corrected chi connectivity index (χ0v) is 8.56. The van der Waals surface area contributed by atoms with E-state index in [4.69, 9.17) is 4.42 Å². The normalized spacial score (nSPS) is 10.8. The maximum absolute atomic E-state index is 12.0. The Balaban J connectivity index is 2.12. The molecule has 0 amide bonds. The van der Waals surface area contributed by atoms with E-state index in [-0.39, 0.29) is 5.78 Å². The molecule has 0 atom stereocenters. The summed E-state index contributed by atoms with van der Waals surface area (Å²) in [4.78, 5) is 25.4. The fraction of sp³-hybridized carbons (Fsp3) is 0. The van der Waals surface area contributed by atoms with Gasteiger partial charge in [-0.2, -0.15) is 5.10 Å². The molecule has 0 aliphatic heterocycles. The van der Waals surface area contributed by atoms with Gasteiger partial charge in [0, 0.05) is 11.8 Å². The molecular formula is C11H7N3O3. The van der Waals surface area contributed by atoms with Crippen molar-refractivity contribution < 1.29 is 9.21 Å². The van der Waals surface area contributed by atoms with Gasteiger partial charge < -0.3 is 4.42 Å². The topological polar surface area (TPSA) is 91.8 Å². The number of carbonyl (C=O) groups excluding carboxylic acids is 1. The van der Waals surface area contributed by atoms with E-state index in [2.05, 4.69) is 15.2 Å². The highest BCUT2D eigenvalue weighted by atomic mass is 16.4. The molecule has 3 aromatic rings. The van der Waals surface area contributed by atoms with E-state index in [1.54, 1.807) is 18.2 Å². The summed E-state index contributed by atoms with van der Waals surface area (Å²) in [6, 6.07) is 6.36. The molecule has 84 valence electrons. The number of hydrogen-bond donors (Lipinski definition) is 2. The first-order chi connectivity index (χ1) is 8.24. The smallest absolute Gasteiger partial charge is 0.408 e. The fourth-order valence-corrected chi connectivity index (χ4v) is 1.62. The first kappa shape index (κ1) is 9.59. The number of hydrogen-bond acceptors (Lipinski definition) is 4. The van der Waals surface area contributed by atoms with Gasteiger partial charge in [-0.15, -0.1) is 0 Å². The van der Waals surface area contributed by atoms with E-state index < -0.39 is 5.76 Å². The van der Waals surface area contributed by atoms with Crippen molar-refractivity contribution in [3.8, 4) is 0 Å². The lowest BCUT2D eigenvalue weighted by Gasteiger charge is -1.97. The van der Waals surface area contributed by atoms with Crippen molar-refractivity contribution in [2.24, 2.45) is 0 Å². The molecule has 0 unspecified atom stereocenters. The van der Waals surface area contributed by atoms with Crippen LogP contribution in [0.25, 0.3) is 11.1 Å². The van der Waals surface area contributed by atoms with E-state index in [1.807, 2.05) is 0 Å². The molecule has 17 heavy (non-hydrogen) atoms. The molecule has 0 fully saturated rings. The van der Waals surface area contributed by atoms with Crippen LogP contribution in [0.3, 0.4) is 0 Å². The third-order valence-corrected chi connectivity index (χ3v) is 2.43. The first-order valence-corrected chi connectivity index (χ1v) is 4.91. The molecule has 1 aromatic carbocycles. The van der Waals surface area contributed by atoms with Crippen LogP contribution in [0.1, 0.15) is 16.1 Å².